The Morgan fingerprint density at radius 1 is 0.917 bits per heavy atom. The van der Waals surface area contributed by atoms with E-state index in [1.807, 2.05) is 19.2 Å². The fourth-order valence-electron chi connectivity index (χ4n) is 2.25. The van der Waals surface area contributed by atoms with E-state index in [4.69, 9.17) is 14.2 Å². The third-order valence-corrected chi connectivity index (χ3v) is 3.61. The molecule has 0 spiro atoms. The lowest BCUT2D eigenvalue weighted by atomic mass is 10.1. The Bertz CT molecular complexity index is 736. The Kier molecular flexibility index (Phi) is 5.84. The number of rotatable bonds is 7. The van der Waals surface area contributed by atoms with Gasteiger partial charge in [0.05, 0.1) is 21.3 Å². The van der Waals surface area contributed by atoms with E-state index in [9.17, 15) is 4.79 Å². The summed E-state index contributed by atoms with van der Waals surface area (Å²) in [4.78, 5) is 12.3. The molecular weight excluding hydrogens is 306 g/mol. The van der Waals surface area contributed by atoms with E-state index in [0.717, 1.165) is 11.3 Å². The van der Waals surface area contributed by atoms with Gasteiger partial charge in [-0.3, -0.25) is 4.79 Å². The summed E-state index contributed by atoms with van der Waals surface area (Å²) in [6.07, 6.45) is 3.22. The molecule has 0 amide bonds. The van der Waals surface area contributed by atoms with Crippen LogP contribution in [0.15, 0.2) is 42.5 Å². The van der Waals surface area contributed by atoms with Gasteiger partial charge in [0.2, 0.25) is 0 Å². The molecule has 0 aliphatic heterocycles. The maximum absolute atomic E-state index is 12.3. The topological polar surface area (TPSA) is 56.8 Å². The number of methoxy groups -OCH3 is 3. The molecule has 1 N–H and O–H groups in total. The largest absolute Gasteiger partial charge is 0.496 e. The third-order valence-electron chi connectivity index (χ3n) is 3.61. The molecule has 0 aromatic heterocycles. The lowest BCUT2D eigenvalue weighted by Gasteiger charge is -2.12. The molecule has 0 bridgehead atoms. The van der Waals surface area contributed by atoms with Crippen LogP contribution in [0.2, 0.25) is 0 Å². The van der Waals surface area contributed by atoms with Gasteiger partial charge in [-0.1, -0.05) is 0 Å². The Hall–Kier alpha value is -2.95. The molecule has 2 aromatic rings. The van der Waals surface area contributed by atoms with Gasteiger partial charge in [-0.15, -0.1) is 0 Å². The van der Waals surface area contributed by atoms with Crippen LogP contribution < -0.4 is 19.5 Å². The molecule has 126 valence electrons. The fraction of sp³-hybridized carbons (Fsp3) is 0.211. The van der Waals surface area contributed by atoms with E-state index in [0.29, 0.717) is 22.8 Å². The van der Waals surface area contributed by atoms with Crippen LogP contribution in [0.4, 0.5) is 5.69 Å². The highest BCUT2D eigenvalue weighted by Gasteiger charge is 2.10. The lowest BCUT2D eigenvalue weighted by molar-refractivity contribution is 0.104. The van der Waals surface area contributed by atoms with Crippen molar-refractivity contribution in [3.8, 4) is 17.2 Å². The first-order valence-corrected chi connectivity index (χ1v) is 7.43. The van der Waals surface area contributed by atoms with Crippen molar-refractivity contribution in [2.45, 2.75) is 0 Å². The van der Waals surface area contributed by atoms with Crippen molar-refractivity contribution < 1.29 is 19.0 Å². The summed E-state index contributed by atoms with van der Waals surface area (Å²) in [6, 6.07) is 10.8. The quantitative estimate of drug-likeness (QED) is 0.621. The van der Waals surface area contributed by atoms with Crippen LogP contribution in [-0.2, 0) is 0 Å². The minimum Gasteiger partial charge on any atom is -0.496 e. The van der Waals surface area contributed by atoms with E-state index < -0.39 is 0 Å². The van der Waals surface area contributed by atoms with Crippen LogP contribution in [0, 0.1) is 0 Å². The monoisotopic (exact) mass is 327 g/mol. The molecule has 5 heteroatoms. The Balaban J connectivity index is 2.27. The molecule has 0 atom stereocenters. The zero-order valence-electron chi connectivity index (χ0n) is 14.3. The summed E-state index contributed by atoms with van der Waals surface area (Å²) in [5.74, 6) is 1.65. The first-order valence-electron chi connectivity index (χ1n) is 7.43. The van der Waals surface area contributed by atoms with Crippen LogP contribution in [-0.4, -0.2) is 34.2 Å². The SMILES string of the molecule is CNc1ccc(C(=O)C=Cc2cc(OC)c(OC)cc2OC)cc1. The van der Waals surface area contributed by atoms with Crippen molar-refractivity contribution in [3.05, 3.63) is 53.6 Å². The number of hydrogen-bond acceptors (Lipinski definition) is 5. The molecule has 24 heavy (non-hydrogen) atoms. The van der Waals surface area contributed by atoms with Crippen LogP contribution >= 0.6 is 0 Å². The van der Waals surface area contributed by atoms with E-state index >= 15 is 0 Å². The van der Waals surface area contributed by atoms with E-state index in [1.54, 1.807) is 51.7 Å². The van der Waals surface area contributed by atoms with Gasteiger partial charge in [0.1, 0.15) is 5.75 Å². The predicted molar refractivity (Wildman–Crippen MR) is 95.5 cm³/mol. The highest BCUT2D eigenvalue weighted by molar-refractivity contribution is 6.07. The highest BCUT2D eigenvalue weighted by atomic mass is 16.5. The standard InChI is InChI=1S/C19H21NO4/c1-20-15-8-5-13(6-9-15)16(21)10-7-14-11-18(23-3)19(24-4)12-17(14)22-2/h5-12,20H,1-4H3. The number of carbonyl (C=O) groups excluding carboxylic acids is 1. The number of anilines is 1. The smallest absolute Gasteiger partial charge is 0.185 e. The predicted octanol–water partition coefficient (Wildman–Crippen LogP) is 3.65. The second-order valence-corrected chi connectivity index (χ2v) is 4.97. The molecule has 0 saturated carbocycles. The molecule has 2 aromatic carbocycles. The summed E-state index contributed by atoms with van der Waals surface area (Å²) in [5, 5.41) is 3.02. The number of carbonyl (C=O) groups is 1. The van der Waals surface area contributed by atoms with Crippen LogP contribution in [0.5, 0.6) is 17.2 Å². The third kappa shape index (κ3) is 3.87. The number of ether oxygens (including phenoxy) is 3. The fourth-order valence-corrected chi connectivity index (χ4v) is 2.25. The number of ketones is 1. The summed E-state index contributed by atoms with van der Waals surface area (Å²) in [6.45, 7) is 0. The van der Waals surface area contributed by atoms with Crippen LogP contribution in [0.3, 0.4) is 0 Å². The molecule has 0 heterocycles. The Labute approximate surface area is 141 Å². The van der Waals surface area contributed by atoms with E-state index in [2.05, 4.69) is 5.32 Å². The maximum atomic E-state index is 12.3. The van der Waals surface area contributed by atoms with Gasteiger partial charge in [-0.25, -0.2) is 0 Å². The van der Waals surface area contributed by atoms with Gasteiger partial charge in [0.15, 0.2) is 17.3 Å². The summed E-state index contributed by atoms with van der Waals surface area (Å²) < 4.78 is 15.9. The lowest BCUT2D eigenvalue weighted by Crippen LogP contribution is -1.97. The van der Waals surface area contributed by atoms with Gasteiger partial charge < -0.3 is 19.5 Å². The molecular formula is C19H21NO4. The molecule has 2 rings (SSSR count). The zero-order valence-corrected chi connectivity index (χ0v) is 14.3. The molecule has 0 aliphatic rings. The maximum Gasteiger partial charge on any atom is 0.185 e. The van der Waals surface area contributed by atoms with Gasteiger partial charge in [0, 0.05) is 29.9 Å². The molecule has 0 unspecified atom stereocenters. The van der Waals surface area contributed by atoms with E-state index in [1.165, 1.54) is 6.08 Å². The van der Waals surface area contributed by atoms with E-state index in [-0.39, 0.29) is 5.78 Å². The normalized spacial score (nSPS) is 10.5. The van der Waals surface area contributed by atoms with Crippen molar-refractivity contribution in [1.29, 1.82) is 0 Å². The summed E-state index contributed by atoms with van der Waals surface area (Å²) in [7, 11) is 6.52. The first kappa shape index (κ1) is 17.4. The molecule has 0 fully saturated rings. The van der Waals surface area contributed by atoms with Crippen molar-refractivity contribution in [1.82, 2.24) is 0 Å². The molecule has 0 aliphatic carbocycles. The van der Waals surface area contributed by atoms with Crippen molar-refractivity contribution in [2.24, 2.45) is 0 Å². The zero-order chi connectivity index (χ0) is 17.5. The van der Waals surface area contributed by atoms with Gasteiger partial charge in [0.25, 0.3) is 0 Å². The summed E-state index contributed by atoms with van der Waals surface area (Å²) in [5.41, 5.74) is 2.30. The number of nitrogens with one attached hydrogen (secondary N) is 1. The van der Waals surface area contributed by atoms with Gasteiger partial charge in [-0.2, -0.15) is 0 Å². The van der Waals surface area contributed by atoms with Gasteiger partial charge in [-0.05, 0) is 42.5 Å². The molecule has 5 nitrogen and oxygen atoms in total. The summed E-state index contributed by atoms with van der Waals surface area (Å²) >= 11 is 0. The highest BCUT2D eigenvalue weighted by Crippen LogP contribution is 2.35. The Morgan fingerprint density at radius 3 is 2.04 bits per heavy atom. The van der Waals surface area contributed by atoms with Crippen LogP contribution in [0.25, 0.3) is 6.08 Å². The average Bonchev–Trinajstić information content (AvgIpc) is 2.65. The Morgan fingerprint density at radius 2 is 1.50 bits per heavy atom. The number of hydrogen-bond donors (Lipinski definition) is 1. The van der Waals surface area contributed by atoms with Gasteiger partial charge >= 0.3 is 0 Å². The number of allylic oxidation sites excluding steroid dienone is 1. The van der Waals surface area contributed by atoms with Crippen molar-refractivity contribution >= 4 is 17.5 Å². The van der Waals surface area contributed by atoms with Crippen molar-refractivity contribution in [3.63, 3.8) is 0 Å². The molecule has 0 radical (unpaired) electrons. The van der Waals surface area contributed by atoms with Crippen LogP contribution in [0.1, 0.15) is 15.9 Å². The average molecular weight is 327 g/mol. The minimum atomic E-state index is -0.0884. The first-order chi connectivity index (χ1) is 11.6. The van der Waals surface area contributed by atoms with Crippen molar-refractivity contribution in [2.75, 3.05) is 33.7 Å². The second kappa shape index (κ2) is 8.06. The number of benzene rings is 2. The molecule has 0 saturated heterocycles. The second-order valence-electron chi connectivity index (χ2n) is 4.97. The minimum absolute atomic E-state index is 0.0884.